The van der Waals surface area contributed by atoms with Crippen LogP contribution in [0.5, 0.6) is 0 Å². The minimum absolute atomic E-state index is 0.0149. The molecule has 192 valence electrons. The molecule has 14 nitrogen and oxygen atoms in total. The first-order valence-corrected chi connectivity index (χ1v) is 11.5. The summed E-state index contributed by atoms with van der Waals surface area (Å²) in [6, 6.07) is 10.6. The van der Waals surface area contributed by atoms with Gasteiger partial charge < -0.3 is 24.8 Å². The van der Waals surface area contributed by atoms with Crippen molar-refractivity contribution in [3.63, 3.8) is 0 Å². The quantitative estimate of drug-likeness (QED) is 0.167. The number of rotatable bonds is 7. The third-order valence-electron chi connectivity index (χ3n) is 5.61. The van der Waals surface area contributed by atoms with Gasteiger partial charge >= 0.3 is 0 Å². The fraction of sp³-hybridized carbons (Fsp3) is 0.273. The van der Waals surface area contributed by atoms with Crippen LogP contribution in [0.15, 0.2) is 47.2 Å². The topological polar surface area (TPSA) is 190 Å². The molecular formula is C22H21ClN8O6. The molecule has 3 aromatic heterocycles. The number of hydrazine groups is 1. The molecule has 0 spiro atoms. The first kappa shape index (κ1) is 24.6. The number of halogens is 1. The number of aliphatic hydroxyl groups excluding tert-OH is 2. The molecule has 1 aromatic carbocycles. The van der Waals surface area contributed by atoms with Crippen LogP contribution >= 0.6 is 11.6 Å². The Labute approximate surface area is 213 Å². The molecule has 2 amide bonds. The number of hydrogen-bond donors (Lipinski definition) is 5. The number of ether oxygens (including phenoxy) is 1. The molecule has 4 atom stereocenters. The van der Waals surface area contributed by atoms with Crippen LogP contribution in [0.1, 0.15) is 23.6 Å². The van der Waals surface area contributed by atoms with Gasteiger partial charge in [0.2, 0.25) is 5.28 Å². The minimum Gasteiger partial charge on any atom is -0.387 e. The predicted octanol–water partition coefficient (Wildman–Crippen LogP) is 0.647. The molecule has 0 radical (unpaired) electrons. The number of hydrogen-bond acceptors (Lipinski definition) is 11. The summed E-state index contributed by atoms with van der Waals surface area (Å²) in [6.07, 6.45) is -4.14. The van der Waals surface area contributed by atoms with Gasteiger partial charge in [0.15, 0.2) is 40.8 Å². The van der Waals surface area contributed by atoms with Crippen LogP contribution in [-0.4, -0.2) is 71.6 Å². The van der Waals surface area contributed by atoms with Crippen molar-refractivity contribution in [2.24, 2.45) is 0 Å². The molecule has 0 unspecified atom stereocenters. The molecule has 4 heterocycles. The van der Waals surface area contributed by atoms with Crippen molar-refractivity contribution in [2.45, 2.75) is 31.5 Å². The highest BCUT2D eigenvalue weighted by Crippen LogP contribution is 2.33. The van der Waals surface area contributed by atoms with Gasteiger partial charge in [-0.2, -0.15) is 9.97 Å². The van der Waals surface area contributed by atoms with E-state index in [9.17, 15) is 19.8 Å². The lowest BCUT2D eigenvalue weighted by atomic mass is 10.1. The second-order valence-corrected chi connectivity index (χ2v) is 8.35. The summed E-state index contributed by atoms with van der Waals surface area (Å²) in [6.45, 7) is 2.04. The maximum Gasteiger partial charge on any atom is 0.291 e. The average molecular weight is 529 g/mol. The Morgan fingerprint density at radius 1 is 1.16 bits per heavy atom. The van der Waals surface area contributed by atoms with Crippen molar-refractivity contribution in [1.82, 2.24) is 35.4 Å². The first-order valence-electron chi connectivity index (χ1n) is 11.1. The lowest BCUT2D eigenvalue weighted by Crippen LogP contribution is -2.42. The number of benzene rings is 1. The van der Waals surface area contributed by atoms with Crippen molar-refractivity contribution >= 4 is 40.4 Å². The number of nitrogens with one attached hydrogen (secondary N) is 3. The predicted molar refractivity (Wildman–Crippen MR) is 128 cm³/mol. The number of nitrogens with zero attached hydrogens (tertiary/aromatic N) is 5. The molecule has 37 heavy (non-hydrogen) atoms. The van der Waals surface area contributed by atoms with E-state index >= 15 is 0 Å². The number of imidazole rings is 1. The van der Waals surface area contributed by atoms with Gasteiger partial charge in [0.05, 0.1) is 6.33 Å². The molecule has 0 saturated carbocycles. The van der Waals surface area contributed by atoms with E-state index < -0.39 is 36.4 Å². The van der Waals surface area contributed by atoms with Crippen LogP contribution in [0.25, 0.3) is 22.5 Å². The van der Waals surface area contributed by atoms with Gasteiger partial charge in [-0.3, -0.25) is 25.0 Å². The highest BCUT2D eigenvalue weighted by atomic mass is 35.5. The smallest absolute Gasteiger partial charge is 0.291 e. The van der Waals surface area contributed by atoms with Crippen LogP contribution in [0, 0.1) is 0 Å². The summed E-state index contributed by atoms with van der Waals surface area (Å²) in [4.78, 5) is 37.2. The second-order valence-electron chi connectivity index (χ2n) is 8.01. The number of likely N-dealkylation sites (N-methyl/N-ethyl adjacent to an activating group) is 1. The van der Waals surface area contributed by atoms with E-state index in [1.54, 1.807) is 6.92 Å². The second kappa shape index (κ2) is 10.1. The van der Waals surface area contributed by atoms with E-state index in [1.807, 2.05) is 30.3 Å². The van der Waals surface area contributed by atoms with Crippen LogP contribution in [-0.2, 0) is 9.53 Å². The van der Waals surface area contributed by atoms with E-state index in [0.717, 1.165) is 5.56 Å². The number of aliphatic hydroxyl groups is 2. The van der Waals surface area contributed by atoms with Crippen LogP contribution in [0.3, 0.4) is 0 Å². The fourth-order valence-corrected chi connectivity index (χ4v) is 4.01. The largest absolute Gasteiger partial charge is 0.387 e. The first-order chi connectivity index (χ1) is 17.9. The van der Waals surface area contributed by atoms with Gasteiger partial charge in [0.25, 0.3) is 11.8 Å². The Morgan fingerprint density at radius 2 is 1.95 bits per heavy atom. The Morgan fingerprint density at radius 3 is 2.70 bits per heavy atom. The van der Waals surface area contributed by atoms with E-state index in [2.05, 4.69) is 36.3 Å². The van der Waals surface area contributed by atoms with Gasteiger partial charge in [-0.1, -0.05) is 35.5 Å². The highest BCUT2D eigenvalue weighted by Gasteiger charge is 2.47. The molecule has 1 aliphatic rings. The van der Waals surface area contributed by atoms with Gasteiger partial charge in [0.1, 0.15) is 12.2 Å². The van der Waals surface area contributed by atoms with Crippen molar-refractivity contribution in [2.75, 3.05) is 12.0 Å². The zero-order valence-electron chi connectivity index (χ0n) is 19.2. The van der Waals surface area contributed by atoms with Gasteiger partial charge in [-0.15, -0.1) is 0 Å². The lowest BCUT2D eigenvalue weighted by Gasteiger charge is -2.16. The molecule has 1 saturated heterocycles. The Balaban J connectivity index is 1.35. The van der Waals surface area contributed by atoms with Crippen LogP contribution in [0.4, 0.5) is 5.82 Å². The van der Waals surface area contributed by atoms with Gasteiger partial charge in [-0.25, -0.2) is 4.98 Å². The number of aromatic nitrogens is 5. The van der Waals surface area contributed by atoms with Crippen molar-refractivity contribution in [3.8, 4) is 11.3 Å². The molecule has 15 heteroatoms. The average Bonchev–Trinajstić information content (AvgIpc) is 3.62. The van der Waals surface area contributed by atoms with Gasteiger partial charge in [-0.05, 0) is 18.5 Å². The molecule has 0 aliphatic carbocycles. The monoisotopic (exact) mass is 528 g/mol. The summed E-state index contributed by atoms with van der Waals surface area (Å²) in [5, 5.41) is 27.0. The molecule has 1 fully saturated rings. The Bertz CT molecular complexity index is 1440. The number of amides is 2. The van der Waals surface area contributed by atoms with Crippen LogP contribution < -0.4 is 16.2 Å². The molecule has 4 aromatic rings. The maximum absolute atomic E-state index is 12.6. The molecular weight excluding hydrogens is 508 g/mol. The third-order valence-corrected chi connectivity index (χ3v) is 5.78. The highest BCUT2D eigenvalue weighted by molar-refractivity contribution is 6.28. The van der Waals surface area contributed by atoms with Gasteiger partial charge in [0, 0.05) is 18.2 Å². The number of fused-ring (bicyclic) bond motifs is 1. The Hall–Kier alpha value is -4.11. The molecule has 5 rings (SSSR count). The van der Waals surface area contributed by atoms with Crippen LogP contribution in [0.2, 0.25) is 5.28 Å². The number of carbonyl (C=O) groups is 2. The Kier molecular flexibility index (Phi) is 6.71. The standard InChI is InChI=1S/C22H21ClN8O6/c1-2-24-20(35)16-14(32)15(33)21(36-16)31-9-25-13-17(26-22(23)27-18(13)31)28-29-19(34)11-8-12(37-30-11)10-6-4-3-5-7-10/h3-9,14-16,21,32-33H,2H2,1H3,(H,24,35)(H,29,34)(H,26,27,28)/t14-,15+,16-,21+/m0/s1. The normalized spacial score (nSPS) is 21.2. The third kappa shape index (κ3) is 4.70. The fourth-order valence-electron chi connectivity index (χ4n) is 3.84. The number of carbonyl (C=O) groups excluding carboxylic acids is 2. The maximum atomic E-state index is 12.6. The summed E-state index contributed by atoms with van der Waals surface area (Å²) in [5.74, 6) is -0.722. The zero-order chi connectivity index (χ0) is 26.1. The zero-order valence-corrected chi connectivity index (χ0v) is 20.0. The summed E-state index contributed by atoms with van der Waals surface area (Å²) in [5.41, 5.74) is 6.14. The summed E-state index contributed by atoms with van der Waals surface area (Å²) < 4.78 is 12.2. The SMILES string of the molecule is CCNC(=O)[C@H]1O[C@@H](n2cnc3c(NNC(=O)c4cc(-c5ccccc5)on4)nc(Cl)nc32)[C@H](O)[C@@H]1O. The number of anilines is 1. The van der Waals surface area contributed by atoms with E-state index in [4.69, 9.17) is 20.9 Å². The van der Waals surface area contributed by atoms with Crippen molar-refractivity contribution < 1.29 is 29.1 Å². The van der Waals surface area contributed by atoms with E-state index in [-0.39, 0.29) is 28.0 Å². The van der Waals surface area contributed by atoms with Crippen molar-refractivity contribution in [1.29, 1.82) is 0 Å². The van der Waals surface area contributed by atoms with E-state index in [1.165, 1.54) is 17.0 Å². The van der Waals surface area contributed by atoms with E-state index in [0.29, 0.717) is 12.3 Å². The minimum atomic E-state index is -1.48. The lowest BCUT2D eigenvalue weighted by molar-refractivity contribution is -0.137. The summed E-state index contributed by atoms with van der Waals surface area (Å²) in [7, 11) is 0. The summed E-state index contributed by atoms with van der Waals surface area (Å²) >= 11 is 6.09. The van der Waals surface area contributed by atoms with Crippen molar-refractivity contribution in [3.05, 3.63) is 53.7 Å². The molecule has 0 bridgehead atoms. The molecule has 5 N–H and O–H groups in total. The molecule has 1 aliphatic heterocycles.